The van der Waals surface area contributed by atoms with E-state index in [9.17, 15) is 0 Å². The van der Waals surface area contributed by atoms with Crippen LogP contribution in [0.2, 0.25) is 0 Å². The van der Waals surface area contributed by atoms with E-state index in [0.717, 1.165) is 0 Å². The Balaban J connectivity index is -0.0000000400. The SMILES string of the molecule is O=[Se](=O)(O)O.O=[Se](=O)(O)O.O=[Se](=O)(O)O.[Ce].[Ce]. The second-order valence-electron chi connectivity index (χ2n) is 1.34. The van der Waals surface area contributed by atoms with Gasteiger partial charge in [0.25, 0.3) is 0 Å². The minimum Gasteiger partial charge on any atom is 0 e. The molecular weight excluding hydrogens is 709 g/mol. The maximum absolute atomic E-state index is 8.82. The Labute approximate surface area is 168 Å². The second-order valence-corrected chi connectivity index (χ2v) is 6.98. The molecule has 0 aromatic heterocycles. The van der Waals surface area contributed by atoms with Gasteiger partial charge in [0.05, 0.1) is 0 Å². The van der Waals surface area contributed by atoms with Crippen LogP contribution < -0.4 is 0 Å². The third-order valence-corrected chi connectivity index (χ3v) is 0. The quantitative estimate of drug-likeness (QED) is 0.130. The van der Waals surface area contributed by atoms with E-state index in [0.29, 0.717) is 0 Å². The average molecular weight is 715 g/mol. The molecule has 0 spiro atoms. The summed E-state index contributed by atoms with van der Waals surface area (Å²) in [5.74, 6) is 0. The molecule has 0 radical (unpaired) electrons. The van der Waals surface area contributed by atoms with Crippen molar-refractivity contribution in [1.29, 1.82) is 0 Å². The molecule has 0 amide bonds. The average Bonchev–Trinajstić information content (AvgIpc) is 1.41. The van der Waals surface area contributed by atoms with Crippen LogP contribution in [0.5, 0.6) is 0 Å². The summed E-state index contributed by atoms with van der Waals surface area (Å²) < 4.78 is 95.6. The van der Waals surface area contributed by atoms with Crippen molar-refractivity contribution in [2.45, 2.75) is 0 Å². The fourth-order valence-electron chi connectivity index (χ4n) is 0. The van der Waals surface area contributed by atoms with Crippen molar-refractivity contribution in [2.75, 3.05) is 0 Å². The molecule has 0 aliphatic rings. The third-order valence-electron chi connectivity index (χ3n) is 0. The summed E-state index contributed by atoms with van der Waals surface area (Å²) in [4.78, 5) is 0. The predicted octanol–water partition coefficient (Wildman–Crippen LogP) is -5.20. The van der Waals surface area contributed by atoms with Crippen LogP contribution in [0.25, 0.3) is 0 Å². The van der Waals surface area contributed by atoms with Gasteiger partial charge in [0, 0.05) is 83.5 Å². The third kappa shape index (κ3) is 651. The summed E-state index contributed by atoms with van der Waals surface area (Å²) in [5, 5.41) is 0. The van der Waals surface area contributed by atoms with Crippen molar-refractivity contribution in [1.82, 2.24) is 0 Å². The van der Waals surface area contributed by atoms with E-state index in [-0.39, 0.29) is 83.5 Å². The minimum absolute atomic E-state index is 0. The number of hydrogen-bond acceptors (Lipinski definition) is 6. The molecule has 0 aromatic carbocycles. The number of hydrogen-bond donors (Lipinski definition) is 6. The van der Waals surface area contributed by atoms with E-state index in [4.69, 9.17) is 48.1 Å². The van der Waals surface area contributed by atoms with Crippen molar-refractivity contribution >= 4 is 40.1 Å². The van der Waals surface area contributed by atoms with E-state index in [1.54, 1.807) is 0 Å². The summed E-state index contributed by atoms with van der Waals surface area (Å²) in [6.45, 7) is 0. The summed E-state index contributed by atoms with van der Waals surface area (Å²) in [7, 11) is 0. The van der Waals surface area contributed by atoms with Gasteiger partial charge in [-0.05, 0) is 0 Å². The van der Waals surface area contributed by atoms with E-state index in [1.807, 2.05) is 0 Å². The fraction of sp³-hybridized carbons (Fsp3) is 0. The maximum Gasteiger partial charge on any atom is 0 e. The van der Waals surface area contributed by atoms with E-state index in [1.165, 1.54) is 0 Å². The summed E-state index contributed by atoms with van der Waals surface area (Å²) in [6.07, 6.45) is 0. The summed E-state index contributed by atoms with van der Waals surface area (Å²) in [6, 6.07) is 0. The van der Waals surface area contributed by atoms with Crippen molar-refractivity contribution in [3.05, 3.63) is 0 Å². The molecule has 0 aromatic rings. The zero-order valence-corrected chi connectivity index (χ0v) is 18.8. The van der Waals surface area contributed by atoms with Gasteiger partial charge in [-0.1, -0.05) is 0 Å². The standard InChI is InChI=1S/2Ce.3H2O4Se/c;;3*1-5(2,3)4/h;;3*(H2,1,2,3,4). The molecule has 17 heavy (non-hydrogen) atoms. The van der Waals surface area contributed by atoms with Gasteiger partial charge in [0.15, 0.2) is 0 Å². The van der Waals surface area contributed by atoms with Gasteiger partial charge in [-0.2, -0.15) is 0 Å². The topological polar surface area (TPSA) is 224 Å². The fourth-order valence-corrected chi connectivity index (χ4v) is 0. The van der Waals surface area contributed by atoms with E-state index in [2.05, 4.69) is 0 Å². The van der Waals surface area contributed by atoms with Crippen LogP contribution in [0.4, 0.5) is 0 Å². The van der Waals surface area contributed by atoms with Crippen LogP contribution in [0.15, 0.2) is 0 Å². The molecule has 0 saturated heterocycles. The Bertz CT molecular complexity index is 341. The normalized spacial score (nSPS) is 10.2. The van der Waals surface area contributed by atoms with Crippen molar-refractivity contribution < 1.29 is 132 Å². The van der Waals surface area contributed by atoms with Crippen LogP contribution in [0, 0.1) is 83.5 Å². The minimum atomic E-state index is -5.25. The van der Waals surface area contributed by atoms with Crippen molar-refractivity contribution in [2.24, 2.45) is 0 Å². The Hall–Kier alpha value is 2.87. The van der Waals surface area contributed by atoms with Crippen LogP contribution in [0.3, 0.4) is 0 Å². The van der Waals surface area contributed by atoms with Gasteiger partial charge < -0.3 is 0 Å². The maximum atomic E-state index is 8.82. The molecule has 0 heterocycles. The molecule has 0 aliphatic carbocycles. The van der Waals surface area contributed by atoms with Gasteiger partial charge in [-0.15, -0.1) is 0 Å². The van der Waals surface area contributed by atoms with Gasteiger partial charge in [-0.25, -0.2) is 0 Å². The molecule has 6 N–H and O–H groups in total. The van der Waals surface area contributed by atoms with Crippen LogP contribution in [-0.4, -0.2) is 65.2 Å². The Morgan fingerprint density at radius 2 is 0.412 bits per heavy atom. The molecule has 0 unspecified atom stereocenters. The van der Waals surface area contributed by atoms with Crippen LogP contribution >= 0.6 is 0 Å². The molecular formula is H6Ce2O12Se3. The van der Waals surface area contributed by atoms with Crippen molar-refractivity contribution in [3.8, 4) is 0 Å². The number of rotatable bonds is 0. The Morgan fingerprint density at radius 1 is 0.412 bits per heavy atom. The Morgan fingerprint density at radius 3 is 0.412 bits per heavy atom. The monoisotopic (exact) mass is 718 g/mol. The Kier molecular flexibility index (Phi) is 26.0. The van der Waals surface area contributed by atoms with Gasteiger partial charge in [0.1, 0.15) is 0 Å². The largest absolute Gasteiger partial charge is 0 e. The zero-order chi connectivity index (χ0) is 13.5. The predicted molar refractivity (Wildman–Crippen MR) is 34.7 cm³/mol. The first-order chi connectivity index (χ1) is 6.00. The molecule has 17 heteroatoms. The van der Waals surface area contributed by atoms with E-state index < -0.39 is 40.1 Å². The smallest absolute Gasteiger partial charge is 0 e. The van der Waals surface area contributed by atoms with Crippen LogP contribution in [0.1, 0.15) is 0 Å². The second kappa shape index (κ2) is 13.8. The molecule has 0 fully saturated rings. The van der Waals surface area contributed by atoms with Crippen molar-refractivity contribution in [3.63, 3.8) is 0 Å². The van der Waals surface area contributed by atoms with Crippen LogP contribution in [-0.2, 0) is 23.0 Å². The first-order valence-electron chi connectivity index (χ1n) is 2.10. The molecule has 12 nitrogen and oxygen atoms in total. The van der Waals surface area contributed by atoms with Gasteiger partial charge in [-0.3, -0.25) is 0 Å². The first-order valence-corrected chi connectivity index (χ1v) is 10.9. The first kappa shape index (κ1) is 32.0. The van der Waals surface area contributed by atoms with Gasteiger partial charge in [0.2, 0.25) is 0 Å². The van der Waals surface area contributed by atoms with Gasteiger partial charge >= 0.3 is 88.2 Å². The molecule has 0 atom stereocenters. The molecule has 104 valence electrons. The molecule has 0 aliphatic heterocycles. The summed E-state index contributed by atoms with van der Waals surface area (Å²) >= 11 is -15.8. The zero-order valence-electron chi connectivity index (χ0n) is 7.36. The molecule has 0 bridgehead atoms. The summed E-state index contributed by atoms with van der Waals surface area (Å²) in [5.41, 5.74) is 0. The molecule has 0 saturated carbocycles. The van der Waals surface area contributed by atoms with E-state index >= 15 is 0 Å². The molecule has 0 rings (SSSR count).